The van der Waals surface area contributed by atoms with E-state index < -0.39 is 0 Å². The molecule has 0 spiro atoms. The molecule has 2 fully saturated rings. The maximum Gasteiger partial charge on any atom is 0.0476 e. The number of unbranched alkanes of at least 4 members (excludes halogenated alkanes) is 1. The smallest absolute Gasteiger partial charge is 0.0476 e. The highest BCUT2D eigenvalue weighted by atomic mass is 32.2. The second-order valence-corrected chi connectivity index (χ2v) is 6.03. The first-order chi connectivity index (χ1) is 7.45. The maximum atomic E-state index is 5.35. The van der Waals surface area contributed by atoms with Crippen molar-refractivity contribution in [1.82, 2.24) is 5.32 Å². The number of hydrogen-bond acceptors (Lipinski definition) is 3. The van der Waals surface area contributed by atoms with Crippen LogP contribution in [-0.4, -0.2) is 36.8 Å². The molecule has 2 aliphatic rings. The van der Waals surface area contributed by atoms with Crippen LogP contribution in [0.3, 0.4) is 0 Å². The number of rotatable bonds is 7. The van der Waals surface area contributed by atoms with Gasteiger partial charge in [0.2, 0.25) is 0 Å². The molecule has 88 valence electrons. The summed E-state index contributed by atoms with van der Waals surface area (Å²) in [5.74, 6) is 1.34. The van der Waals surface area contributed by atoms with Crippen molar-refractivity contribution in [2.24, 2.45) is 0 Å². The molecule has 0 amide bonds. The summed E-state index contributed by atoms with van der Waals surface area (Å²) >= 11 is 2.16. The Kier molecular flexibility index (Phi) is 5.30. The molecule has 0 aromatic heterocycles. The minimum Gasteiger partial charge on any atom is -0.381 e. The molecule has 2 nitrogen and oxygen atoms in total. The van der Waals surface area contributed by atoms with Gasteiger partial charge in [-0.2, -0.15) is 11.8 Å². The molecule has 0 radical (unpaired) electrons. The summed E-state index contributed by atoms with van der Waals surface area (Å²) in [6, 6.07) is 0.883. The molecule has 1 N–H and O–H groups in total. The average molecular weight is 229 g/mol. The van der Waals surface area contributed by atoms with Crippen molar-refractivity contribution >= 4 is 11.8 Å². The van der Waals surface area contributed by atoms with Crippen LogP contribution in [-0.2, 0) is 4.74 Å². The minimum absolute atomic E-state index is 0.883. The lowest BCUT2D eigenvalue weighted by molar-refractivity contribution is 0.100. The molecule has 0 aromatic rings. The highest BCUT2D eigenvalue weighted by Crippen LogP contribution is 2.23. The first-order valence-electron chi connectivity index (χ1n) is 6.38. The summed E-state index contributed by atoms with van der Waals surface area (Å²) in [6.45, 7) is 3.21. The van der Waals surface area contributed by atoms with Crippen LogP contribution in [0.1, 0.15) is 38.5 Å². The summed E-state index contributed by atoms with van der Waals surface area (Å²) < 4.78 is 5.35. The molecule has 1 aliphatic carbocycles. The molecular weight excluding hydrogens is 206 g/mol. The van der Waals surface area contributed by atoms with E-state index in [4.69, 9.17) is 4.74 Å². The fourth-order valence-corrected chi connectivity index (χ4v) is 3.14. The molecule has 0 atom stereocenters. The second kappa shape index (κ2) is 6.77. The number of thioether (sulfide) groups is 1. The van der Waals surface area contributed by atoms with Gasteiger partial charge in [0, 0.05) is 24.5 Å². The molecule has 2 rings (SSSR count). The van der Waals surface area contributed by atoms with Gasteiger partial charge in [-0.3, -0.25) is 0 Å². The van der Waals surface area contributed by atoms with Gasteiger partial charge in [0.15, 0.2) is 0 Å². The highest BCUT2D eigenvalue weighted by molar-refractivity contribution is 7.99. The van der Waals surface area contributed by atoms with Crippen LogP contribution in [0.2, 0.25) is 0 Å². The Labute approximate surface area is 97.5 Å². The van der Waals surface area contributed by atoms with E-state index in [1.165, 1.54) is 50.8 Å². The molecule has 0 bridgehead atoms. The van der Waals surface area contributed by atoms with E-state index in [9.17, 15) is 0 Å². The van der Waals surface area contributed by atoms with Crippen LogP contribution >= 0.6 is 11.8 Å². The molecule has 0 unspecified atom stereocenters. The number of nitrogens with one attached hydrogen (secondary N) is 1. The van der Waals surface area contributed by atoms with Crippen molar-refractivity contribution < 1.29 is 4.74 Å². The van der Waals surface area contributed by atoms with Crippen molar-refractivity contribution in [3.05, 3.63) is 0 Å². The van der Waals surface area contributed by atoms with Gasteiger partial charge in [0.25, 0.3) is 0 Å². The van der Waals surface area contributed by atoms with Gasteiger partial charge in [-0.25, -0.2) is 0 Å². The quantitative estimate of drug-likeness (QED) is 0.678. The van der Waals surface area contributed by atoms with Gasteiger partial charge < -0.3 is 10.1 Å². The molecule has 1 heterocycles. The third kappa shape index (κ3) is 5.23. The molecule has 0 aromatic carbocycles. The second-order valence-electron chi connectivity index (χ2n) is 4.62. The summed E-state index contributed by atoms with van der Waals surface area (Å²) in [7, 11) is 0. The zero-order chi connectivity index (χ0) is 10.3. The maximum absolute atomic E-state index is 5.35. The van der Waals surface area contributed by atoms with Crippen LogP contribution in [0, 0.1) is 0 Å². The molecule has 3 heteroatoms. The van der Waals surface area contributed by atoms with E-state index in [1.54, 1.807) is 0 Å². The number of ether oxygens (including phenoxy) is 1. The van der Waals surface area contributed by atoms with E-state index in [0.29, 0.717) is 0 Å². The summed E-state index contributed by atoms with van der Waals surface area (Å²) in [6.07, 6.45) is 8.10. The third-order valence-corrected chi connectivity index (χ3v) is 4.57. The lowest BCUT2D eigenvalue weighted by atomic mass is 10.2. The van der Waals surface area contributed by atoms with Crippen LogP contribution < -0.4 is 5.32 Å². The van der Waals surface area contributed by atoms with E-state index >= 15 is 0 Å². The molecule has 15 heavy (non-hydrogen) atoms. The van der Waals surface area contributed by atoms with Gasteiger partial charge in [-0.15, -0.1) is 0 Å². The van der Waals surface area contributed by atoms with Gasteiger partial charge in [0.1, 0.15) is 0 Å². The lowest BCUT2D eigenvalue weighted by Gasteiger charge is -2.21. The summed E-state index contributed by atoms with van der Waals surface area (Å²) in [5.41, 5.74) is 0. The van der Waals surface area contributed by atoms with Crippen LogP contribution in [0.4, 0.5) is 0 Å². The normalized spacial score (nSPS) is 23.2. The Bertz CT molecular complexity index is 167. The topological polar surface area (TPSA) is 21.3 Å². The Hall–Kier alpha value is 0.270. The fraction of sp³-hybridized carbons (Fsp3) is 1.00. The van der Waals surface area contributed by atoms with E-state index in [2.05, 4.69) is 17.1 Å². The lowest BCUT2D eigenvalue weighted by Crippen LogP contribution is -2.19. The van der Waals surface area contributed by atoms with Crippen molar-refractivity contribution in [3.63, 3.8) is 0 Å². The highest BCUT2D eigenvalue weighted by Gasteiger charge is 2.19. The Morgan fingerprint density at radius 3 is 2.60 bits per heavy atom. The molecule has 1 saturated carbocycles. The zero-order valence-corrected chi connectivity index (χ0v) is 10.4. The minimum atomic E-state index is 0.883. The van der Waals surface area contributed by atoms with Gasteiger partial charge in [-0.05, 0) is 50.8 Å². The average Bonchev–Trinajstić information content (AvgIpc) is 3.09. The van der Waals surface area contributed by atoms with Crippen molar-refractivity contribution in [3.8, 4) is 0 Å². The predicted octanol–water partition coefficient (Wildman–Crippen LogP) is 2.43. The summed E-state index contributed by atoms with van der Waals surface area (Å²) in [4.78, 5) is 0. The SMILES string of the molecule is C(CCSC1CCOCC1)CNC1CC1. The van der Waals surface area contributed by atoms with E-state index in [-0.39, 0.29) is 0 Å². The Balaban J connectivity index is 1.37. The Morgan fingerprint density at radius 1 is 1.07 bits per heavy atom. The van der Waals surface area contributed by atoms with Gasteiger partial charge in [-0.1, -0.05) is 0 Å². The third-order valence-electron chi connectivity index (χ3n) is 3.10. The van der Waals surface area contributed by atoms with E-state index in [0.717, 1.165) is 24.5 Å². The molecule has 1 saturated heterocycles. The number of hydrogen-bond donors (Lipinski definition) is 1. The van der Waals surface area contributed by atoms with Crippen molar-refractivity contribution in [2.75, 3.05) is 25.5 Å². The largest absolute Gasteiger partial charge is 0.381 e. The van der Waals surface area contributed by atoms with Crippen LogP contribution in [0.15, 0.2) is 0 Å². The standard InChI is InChI=1S/C12H23NOS/c1(7-13-11-3-4-11)2-10-15-12-5-8-14-9-6-12/h11-13H,1-10H2. The molecular formula is C12H23NOS. The fourth-order valence-electron chi connectivity index (χ4n) is 1.91. The first kappa shape index (κ1) is 11.7. The predicted molar refractivity (Wildman–Crippen MR) is 66.6 cm³/mol. The van der Waals surface area contributed by atoms with Crippen molar-refractivity contribution in [2.45, 2.75) is 49.8 Å². The van der Waals surface area contributed by atoms with Gasteiger partial charge in [0.05, 0.1) is 0 Å². The molecule has 1 aliphatic heterocycles. The van der Waals surface area contributed by atoms with Crippen LogP contribution in [0.25, 0.3) is 0 Å². The summed E-state index contributed by atoms with van der Waals surface area (Å²) in [5, 5.41) is 4.45. The zero-order valence-electron chi connectivity index (χ0n) is 9.54. The Morgan fingerprint density at radius 2 is 1.87 bits per heavy atom. The van der Waals surface area contributed by atoms with Crippen molar-refractivity contribution in [1.29, 1.82) is 0 Å². The monoisotopic (exact) mass is 229 g/mol. The van der Waals surface area contributed by atoms with Gasteiger partial charge >= 0.3 is 0 Å². The van der Waals surface area contributed by atoms with Crippen LogP contribution in [0.5, 0.6) is 0 Å². The first-order valence-corrected chi connectivity index (χ1v) is 7.43. The van der Waals surface area contributed by atoms with E-state index in [1.807, 2.05) is 0 Å².